The zero-order valence-electron chi connectivity index (χ0n) is 29.5. The minimum atomic E-state index is 0.569. The molecule has 1 aliphatic rings. The number of hydrogen-bond donors (Lipinski definition) is 0. The topological polar surface area (TPSA) is 65.0 Å². The Hall–Kier alpha value is -6.77. The Bertz CT molecular complexity index is 3030. The molecular weight excluding hydrogens is 663 g/mol. The van der Waals surface area contributed by atoms with Crippen molar-refractivity contribution in [1.82, 2.24) is 15.0 Å². The lowest BCUT2D eigenvalue weighted by Gasteiger charge is -2.22. The maximum Gasteiger partial charge on any atom is 0.164 e. The van der Waals surface area contributed by atoms with Crippen LogP contribution < -0.4 is 0 Å². The van der Waals surface area contributed by atoms with E-state index in [1.54, 1.807) is 0 Å². The van der Waals surface area contributed by atoms with Crippen molar-refractivity contribution in [3.8, 4) is 45.3 Å². The molecule has 0 N–H and O–H groups in total. The van der Waals surface area contributed by atoms with Gasteiger partial charge in [-0.25, -0.2) is 15.0 Å². The standard InChI is InChI=1S/C49H33N3O2/c1-3-11-30(12-4-1)31-21-23-32(24-22-31)37-16-9-17-39-45-40(18-10-20-43(45)54-46(37)39)49-51-47(33-13-5-2-6-14-33)50-48(52-49)35-26-25-34-29-44-41(28-36(34)27-35)38-15-7-8-19-42(38)53-44/h2,5-8,10,13-16,18-30H,1,3-4,11-12H2. The lowest BCUT2D eigenvalue weighted by molar-refractivity contribution is 0.443. The monoisotopic (exact) mass is 695 g/mol. The second-order valence-corrected chi connectivity index (χ2v) is 14.4. The highest BCUT2D eigenvalue weighted by Gasteiger charge is 2.21. The molecule has 0 amide bonds. The number of nitrogens with zero attached hydrogens (tertiary/aromatic N) is 3. The Morgan fingerprint density at radius 3 is 2.15 bits per heavy atom. The van der Waals surface area contributed by atoms with Crippen LogP contribution in [0.1, 0.15) is 43.6 Å². The van der Waals surface area contributed by atoms with Crippen molar-refractivity contribution in [2.24, 2.45) is 0 Å². The fourth-order valence-electron chi connectivity index (χ4n) is 8.42. The number of benzene rings is 6. The summed E-state index contributed by atoms with van der Waals surface area (Å²) in [6.45, 7) is 0. The third kappa shape index (κ3) is 5.14. The van der Waals surface area contributed by atoms with E-state index in [1.807, 2.05) is 66.7 Å². The third-order valence-electron chi connectivity index (χ3n) is 11.2. The van der Waals surface area contributed by atoms with Gasteiger partial charge in [0.2, 0.25) is 0 Å². The SMILES string of the molecule is c1cc(-c2ccc(C3CCCCC3)cc2)c2oc3cccc(-c4nc(-c5ccccc5)nc(-c5ccc6cc7oc8ccccc8c7cc6c5)n4)c3c2c#1. The largest absolute Gasteiger partial charge is 0.456 e. The first-order valence-corrected chi connectivity index (χ1v) is 18.8. The molecule has 256 valence electrons. The molecule has 0 radical (unpaired) electrons. The van der Waals surface area contributed by atoms with Crippen LogP contribution in [-0.4, -0.2) is 15.0 Å². The first kappa shape index (κ1) is 30.8. The second kappa shape index (κ2) is 12.4. The van der Waals surface area contributed by atoms with E-state index >= 15 is 0 Å². The van der Waals surface area contributed by atoms with E-state index in [0.29, 0.717) is 23.4 Å². The van der Waals surface area contributed by atoms with Crippen molar-refractivity contribution in [3.63, 3.8) is 0 Å². The number of furan rings is 2. The van der Waals surface area contributed by atoms with Crippen LogP contribution in [0.5, 0.6) is 0 Å². The van der Waals surface area contributed by atoms with Crippen LogP contribution in [0.25, 0.3) is 99.9 Å². The molecule has 5 heteroatoms. The average Bonchev–Trinajstić information content (AvgIpc) is 3.81. The van der Waals surface area contributed by atoms with Crippen molar-refractivity contribution in [2.75, 3.05) is 0 Å². The van der Waals surface area contributed by atoms with Gasteiger partial charge in [-0.05, 0) is 71.0 Å². The average molecular weight is 696 g/mol. The molecule has 0 unspecified atom stereocenters. The lowest BCUT2D eigenvalue weighted by Crippen LogP contribution is -2.04. The van der Waals surface area contributed by atoms with Crippen molar-refractivity contribution >= 4 is 54.6 Å². The van der Waals surface area contributed by atoms with E-state index in [-0.39, 0.29) is 0 Å². The summed E-state index contributed by atoms with van der Waals surface area (Å²) in [4.78, 5) is 15.3. The number of rotatable bonds is 5. The molecule has 11 rings (SSSR count). The van der Waals surface area contributed by atoms with Gasteiger partial charge in [-0.1, -0.05) is 128 Å². The fraction of sp³-hybridized carbons (Fsp3) is 0.122. The number of hydrogen-bond acceptors (Lipinski definition) is 5. The molecule has 0 aliphatic heterocycles. The summed E-state index contributed by atoms with van der Waals surface area (Å²) in [6, 6.07) is 52.7. The van der Waals surface area contributed by atoms with Crippen LogP contribution in [0.3, 0.4) is 0 Å². The van der Waals surface area contributed by atoms with Crippen LogP contribution in [-0.2, 0) is 0 Å². The molecule has 3 aromatic heterocycles. The minimum Gasteiger partial charge on any atom is -0.456 e. The molecular formula is C49H33N3O2. The zero-order valence-corrected chi connectivity index (χ0v) is 29.5. The highest BCUT2D eigenvalue weighted by Crippen LogP contribution is 2.41. The fourth-order valence-corrected chi connectivity index (χ4v) is 8.42. The van der Waals surface area contributed by atoms with Crippen LogP contribution >= 0.6 is 0 Å². The number of fused-ring (bicyclic) bond motifs is 7. The predicted molar refractivity (Wildman–Crippen MR) is 217 cm³/mol. The van der Waals surface area contributed by atoms with Crippen molar-refractivity contribution in [2.45, 2.75) is 38.0 Å². The molecule has 10 aromatic rings. The Balaban J connectivity index is 1.06. The summed E-state index contributed by atoms with van der Waals surface area (Å²) in [7, 11) is 0. The molecule has 0 spiro atoms. The van der Waals surface area contributed by atoms with E-state index in [9.17, 15) is 0 Å². The van der Waals surface area contributed by atoms with E-state index in [2.05, 4.69) is 78.9 Å². The molecule has 54 heavy (non-hydrogen) atoms. The first-order chi connectivity index (χ1) is 26.7. The molecule has 1 fully saturated rings. The van der Waals surface area contributed by atoms with Gasteiger partial charge in [-0.2, -0.15) is 0 Å². The Morgan fingerprint density at radius 1 is 0.519 bits per heavy atom. The smallest absolute Gasteiger partial charge is 0.164 e. The van der Waals surface area contributed by atoms with E-state index in [0.717, 1.165) is 82.5 Å². The first-order valence-electron chi connectivity index (χ1n) is 18.8. The molecule has 0 saturated heterocycles. The van der Waals surface area contributed by atoms with Gasteiger partial charge < -0.3 is 8.83 Å². The summed E-state index contributed by atoms with van der Waals surface area (Å²) in [6.07, 6.45) is 6.56. The Labute approximate surface area is 311 Å². The number of para-hydroxylation sites is 1. The molecule has 1 saturated carbocycles. The van der Waals surface area contributed by atoms with E-state index in [1.165, 1.54) is 37.7 Å². The molecule has 0 atom stereocenters. The molecule has 3 heterocycles. The highest BCUT2D eigenvalue weighted by molar-refractivity contribution is 6.14. The molecule has 5 nitrogen and oxygen atoms in total. The maximum absolute atomic E-state index is 6.65. The summed E-state index contributed by atoms with van der Waals surface area (Å²) >= 11 is 0. The van der Waals surface area contributed by atoms with Crippen LogP contribution in [0, 0.1) is 12.1 Å². The van der Waals surface area contributed by atoms with Gasteiger partial charge in [-0.15, -0.1) is 0 Å². The lowest BCUT2D eigenvalue weighted by atomic mass is 9.83. The molecule has 7 aromatic carbocycles. The minimum absolute atomic E-state index is 0.569. The Morgan fingerprint density at radius 2 is 1.28 bits per heavy atom. The predicted octanol–water partition coefficient (Wildman–Crippen LogP) is 13.1. The third-order valence-corrected chi connectivity index (χ3v) is 11.2. The van der Waals surface area contributed by atoms with Gasteiger partial charge in [0.15, 0.2) is 23.1 Å². The number of aromatic nitrogens is 3. The normalized spacial score (nSPS) is 13.7. The van der Waals surface area contributed by atoms with Crippen LogP contribution in [0.4, 0.5) is 0 Å². The highest BCUT2D eigenvalue weighted by atomic mass is 16.3. The van der Waals surface area contributed by atoms with Crippen LogP contribution in [0.2, 0.25) is 0 Å². The summed E-state index contributed by atoms with van der Waals surface area (Å²) < 4.78 is 12.8. The maximum atomic E-state index is 6.65. The van der Waals surface area contributed by atoms with Gasteiger partial charge in [0.05, 0.1) is 5.39 Å². The van der Waals surface area contributed by atoms with Crippen molar-refractivity contribution in [3.05, 3.63) is 151 Å². The second-order valence-electron chi connectivity index (χ2n) is 14.4. The van der Waals surface area contributed by atoms with Gasteiger partial charge in [0, 0.05) is 44.5 Å². The quantitative estimate of drug-likeness (QED) is 0.179. The summed E-state index contributed by atoms with van der Waals surface area (Å²) in [5.74, 6) is 2.42. The van der Waals surface area contributed by atoms with Crippen molar-refractivity contribution in [1.29, 1.82) is 0 Å². The van der Waals surface area contributed by atoms with E-state index < -0.39 is 0 Å². The van der Waals surface area contributed by atoms with Crippen molar-refractivity contribution < 1.29 is 8.83 Å². The molecule has 0 bridgehead atoms. The van der Waals surface area contributed by atoms with Gasteiger partial charge >= 0.3 is 0 Å². The van der Waals surface area contributed by atoms with Gasteiger partial charge in [0.1, 0.15) is 16.7 Å². The van der Waals surface area contributed by atoms with Gasteiger partial charge in [-0.3, -0.25) is 0 Å². The van der Waals surface area contributed by atoms with E-state index in [4.69, 9.17) is 23.8 Å². The van der Waals surface area contributed by atoms with Gasteiger partial charge in [0.25, 0.3) is 0 Å². The summed E-state index contributed by atoms with van der Waals surface area (Å²) in [5, 5.41) is 6.13. The van der Waals surface area contributed by atoms with Crippen LogP contribution in [0.15, 0.2) is 142 Å². The Kier molecular flexibility index (Phi) is 7.09. The zero-order chi connectivity index (χ0) is 35.6. The summed E-state index contributed by atoms with van der Waals surface area (Å²) in [5.41, 5.74) is 9.50. The molecule has 1 aliphatic carbocycles.